The van der Waals surface area contributed by atoms with Crippen molar-refractivity contribution in [3.05, 3.63) is 57.2 Å². The van der Waals surface area contributed by atoms with Crippen LogP contribution < -0.4 is 10.9 Å². The molecule has 0 aliphatic heterocycles. The Balaban J connectivity index is 1.71. The zero-order valence-corrected chi connectivity index (χ0v) is 18.6. The van der Waals surface area contributed by atoms with E-state index in [4.69, 9.17) is 4.98 Å². The lowest BCUT2D eigenvalue weighted by atomic mass is 10.2. The van der Waals surface area contributed by atoms with Crippen LogP contribution in [0.4, 0.5) is 0 Å². The molecule has 4 aromatic rings. The molecule has 1 aromatic carbocycles. The van der Waals surface area contributed by atoms with Gasteiger partial charge in [-0.3, -0.25) is 14.2 Å². The highest BCUT2D eigenvalue weighted by molar-refractivity contribution is 7.20. The smallest absolute Gasteiger partial charge is 0.262 e. The highest BCUT2D eigenvalue weighted by atomic mass is 32.1. The van der Waals surface area contributed by atoms with Gasteiger partial charge in [-0.2, -0.15) is 0 Å². The largest absolute Gasteiger partial charge is 0.342 e. The molecule has 30 heavy (non-hydrogen) atoms. The van der Waals surface area contributed by atoms with Crippen molar-refractivity contribution in [3.63, 3.8) is 0 Å². The van der Waals surface area contributed by atoms with Crippen molar-refractivity contribution in [2.75, 3.05) is 0 Å². The molecule has 0 spiro atoms. The van der Waals surface area contributed by atoms with Crippen LogP contribution in [0, 0.1) is 6.92 Å². The second-order valence-corrected chi connectivity index (χ2v) is 8.69. The van der Waals surface area contributed by atoms with E-state index in [1.807, 2.05) is 45.0 Å². The molecule has 1 atom stereocenters. The van der Waals surface area contributed by atoms with Gasteiger partial charge in [0.2, 0.25) is 0 Å². The lowest BCUT2D eigenvalue weighted by molar-refractivity contribution is 0.0941. The molecule has 4 rings (SSSR count). The third-order valence-corrected chi connectivity index (χ3v) is 6.54. The van der Waals surface area contributed by atoms with Gasteiger partial charge < -0.3 is 9.88 Å². The molecule has 3 heterocycles. The Morgan fingerprint density at radius 2 is 1.97 bits per heavy atom. The minimum atomic E-state index is -0.294. The monoisotopic (exact) mass is 423 g/mol. The second-order valence-electron chi connectivity index (χ2n) is 7.69. The third kappa shape index (κ3) is 3.21. The molecule has 0 unspecified atom stereocenters. The zero-order chi connectivity index (χ0) is 21.6. The van der Waals surface area contributed by atoms with E-state index in [0.717, 1.165) is 16.9 Å². The maximum Gasteiger partial charge on any atom is 0.262 e. The molecule has 3 aromatic heterocycles. The molecule has 0 fully saturated rings. The molecule has 1 amide bonds. The Morgan fingerprint density at radius 1 is 1.23 bits per heavy atom. The normalized spacial score (nSPS) is 12.7. The first-order valence-corrected chi connectivity index (χ1v) is 10.9. The SMILES string of the molecule is CCn1cnc2sc(C(=O)N[C@@H](C)c3nc4ccccc4n3C(C)C)c(C)c2c1=O. The molecular formula is C22H25N5O2S. The van der Waals surface area contributed by atoms with Crippen molar-refractivity contribution >= 4 is 38.5 Å². The number of para-hydroxylation sites is 2. The molecule has 0 aliphatic carbocycles. The Morgan fingerprint density at radius 3 is 2.67 bits per heavy atom. The minimum Gasteiger partial charge on any atom is -0.342 e. The van der Waals surface area contributed by atoms with E-state index < -0.39 is 0 Å². The van der Waals surface area contributed by atoms with Crippen LogP contribution in [0.2, 0.25) is 0 Å². The molecule has 0 saturated heterocycles. The number of thiophene rings is 1. The van der Waals surface area contributed by atoms with Crippen molar-refractivity contribution in [2.24, 2.45) is 0 Å². The molecule has 0 saturated carbocycles. The van der Waals surface area contributed by atoms with Crippen LogP contribution in [0.15, 0.2) is 35.4 Å². The number of carbonyl (C=O) groups is 1. The molecule has 8 heteroatoms. The predicted octanol–water partition coefficient (Wildman–Crippen LogP) is 4.21. The lowest BCUT2D eigenvalue weighted by Gasteiger charge is -2.18. The number of hydrogen-bond donors (Lipinski definition) is 1. The van der Waals surface area contributed by atoms with E-state index in [9.17, 15) is 9.59 Å². The van der Waals surface area contributed by atoms with Crippen LogP contribution >= 0.6 is 11.3 Å². The molecule has 156 valence electrons. The van der Waals surface area contributed by atoms with Crippen molar-refractivity contribution < 1.29 is 4.79 Å². The van der Waals surface area contributed by atoms with Crippen molar-refractivity contribution in [2.45, 2.75) is 53.2 Å². The summed E-state index contributed by atoms with van der Waals surface area (Å²) in [5.74, 6) is 0.595. The standard InChI is InChI=1S/C22H25N5O2S/c1-6-26-11-23-21-17(22(26)29)13(4)18(30-21)20(28)24-14(5)19-25-15-9-7-8-10-16(15)27(19)12(2)3/h7-12,14H,6H2,1-5H3,(H,24,28)/t14-/m0/s1. The van der Waals surface area contributed by atoms with E-state index in [2.05, 4.69) is 28.7 Å². The molecule has 0 bridgehead atoms. The van der Waals surface area contributed by atoms with Gasteiger partial charge in [0, 0.05) is 12.6 Å². The van der Waals surface area contributed by atoms with Gasteiger partial charge in [0.15, 0.2) is 0 Å². The van der Waals surface area contributed by atoms with E-state index in [1.165, 1.54) is 17.7 Å². The topological polar surface area (TPSA) is 81.8 Å². The summed E-state index contributed by atoms with van der Waals surface area (Å²) in [6.45, 7) is 10.4. The van der Waals surface area contributed by atoms with E-state index in [1.54, 1.807) is 4.57 Å². The first kappa shape index (κ1) is 20.3. The molecule has 0 radical (unpaired) electrons. The number of fused-ring (bicyclic) bond motifs is 2. The molecule has 7 nitrogen and oxygen atoms in total. The number of hydrogen-bond acceptors (Lipinski definition) is 5. The quantitative estimate of drug-likeness (QED) is 0.521. The van der Waals surface area contributed by atoms with Gasteiger partial charge in [-0.1, -0.05) is 12.1 Å². The number of nitrogens with one attached hydrogen (secondary N) is 1. The average molecular weight is 424 g/mol. The van der Waals surface area contributed by atoms with Crippen LogP contribution in [-0.2, 0) is 6.54 Å². The summed E-state index contributed by atoms with van der Waals surface area (Å²) >= 11 is 1.25. The van der Waals surface area contributed by atoms with Crippen LogP contribution in [-0.4, -0.2) is 25.0 Å². The summed E-state index contributed by atoms with van der Waals surface area (Å²) in [7, 11) is 0. The maximum atomic E-state index is 13.1. The fourth-order valence-electron chi connectivity index (χ4n) is 3.84. The molecule has 0 aliphatic rings. The Kier molecular flexibility index (Phi) is 5.19. The number of imidazole rings is 1. The number of nitrogens with zero attached hydrogens (tertiary/aromatic N) is 4. The summed E-state index contributed by atoms with van der Waals surface area (Å²) in [5, 5.41) is 3.59. The van der Waals surface area contributed by atoms with Crippen LogP contribution in [0.3, 0.4) is 0 Å². The van der Waals surface area contributed by atoms with Gasteiger partial charge in [-0.25, -0.2) is 9.97 Å². The number of aromatic nitrogens is 4. The van der Waals surface area contributed by atoms with E-state index in [0.29, 0.717) is 27.2 Å². The van der Waals surface area contributed by atoms with Crippen molar-refractivity contribution in [1.82, 2.24) is 24.4 Å². The Bertz CT molecular complexity index is 1310. The van der Waals surface area contributed by atoms with Crippen LogP contribution in [0.25, 0.3) is 21.3 Å². The Labute approximate surface area is 178 Å². The number of rotatable bonds is 5. The van der Waals surface area contributed by atoms with Gasteiger partial charge in [0.1, 0.15) is 10.7 Å². The van der Waals surface area contributed by atoms with Crippen molar-refractivity contribution in [1.29, 1.82) is 0 Å². The second kappa shape index (κ2) is 7.68. The van der Waals surface area contributed by atoms with Crippen LogP contribution in [0.1, 0.15) is 60.8 Å². The van der Waals surface area contributed by atoms with Gasteiger partial charge in [-0.15, -0.1) is 11.3 Å². The summed E-state index contributed by atoms with van der Waals surface area (Å²) < 4.78 is 3.71. The minimum absolute atomic E-state index is 0.107. The number of amides is 1. The summed E-state index contributed by atoms with van der Waals surface area (Å²) in [5.41, 5.74) is 2.53. The van der Waals surface area contributed by atoms with Gasteiger partial charge in [0.05, 0.1) is 33.7 Å². The third-order valence-electron chi connectivity index (χ3n) is 5.34. The van der Waals surface area contributed by atoms with Crippen LogP contribution in [0.5, 0.6) is 0 Å². The number of aryl methyl sites for hydroxylation is 2. The fraction of sp³-hybridized carbons (Fsp3) is 0.364. The summed E-state index contributed by atoms with van der Waals surface area (Å²) in [6.07, 6.45) is 1.54. The fourth-order valence-corrected chi connectivity index (χ4v) is 4.88. The van der Waals surface area contributed by atoms with E-state index in [-0.39, 0.29) is 23.6 Å². The highest BCUT2D eigenvalue weighted by Crippen LogP contribution is 2.29. The molecule has 1 N–H and O–H groups in total. The number of carbonyl (C=O) groups excluding carboxylic acids is 1. The first-order chi connectivity index (χ1) is 14.3. The summed E-state index contributed by atoms with van der Waals surface area (Å²) in [4.78, 5) is 36.0. The average Bonchev–Trinajstić information content (AvgIpc) is 3.27. The lowest BCUT2D eigenvalue weighted by Crippen LogP contribution is -2.29. The van der Waals surface area contributed by atoms with Gasteiger partial charge >= 0.3 is 0 Å². The predicted molar refractivity (Wildman–Crippen MR) is 120 cm³/mol. The van der Waals surface area contributed by atoms with Crippen molar-refractivity contribution in [3.8, 4) is 0 Å². The number of benzene rings is 1. The van der Waals surface area contributed by atoms with E-state index >= 15 is 0 Å². The maximum absolute atomic E-state index is 13.1. The Hall–Kier alpha value is -3.00. The first-order valence-electron chi connectivity index (χ1n) is 10.1. The highest BCUT2D eigenvalue weighted by Gasteiger charge is 2.24. The van der Waals surface area contributed by atoms with Gasteiger partial charge in [-0.05, 0) is 52.3 Å². The zero-order valence-electron chi connectivity index (χ0n) is 17.8. The van der Waals surface area contributed by atoms with Gasteiger partial charge in [0.25, 0.3) is 11.5 Å². The molecular weight excluding hydrogens is 398 g/mol. The summed E-state index contributed by atoms with van der Waals surface area (Å²) in [6, 6.07) is 7.89.